The van der Waals surface area contributed by atoms with Gasteiger partial charge in [0.25, 0.3) is 5.91 Å². The minimum Gasteiger partial charge on any atom is -0.478 e. The number of benzene rings is 2. The molecule has 0 aromatic heterocycles. The topological polar surface area (TPSA) is 70.0 Å². The molecule has 0 radical (unpaired) electrons. The fourth-order valence-corrected chi connectivity index (χ4v) is 3.42. The standard InChI is InChI=1S/C19H15FN2O3S/c1-11-14(18(24)25)4-3-5-15(11)21-19-22(2)17(23)16(26-19)10-12-6-8-13(20)9-7-12/h3-10H,1-2H3,(H,24,25)/b16-10-,21-19?. The minimum absolute atomic E-state index is 0.172. The number of aromatic carboxylic acids is 1. The summed E-state index contributed by atoms with van der Waals surface area (Å²) >= 11 is 1.19. The van der Waals surface area contributed by atoms with Crippen molar-refractivity contribution >= 4 is 40.6 Å². The number of carbonyl (C=O) groups excluding carboxylic acids is 1. The number of amidine groups is 1. The monoisotopic (exact) mass is 370 g/mol. The predicted molar refractivity (Wildman–Crippen MR) is 100.0 cm³/mol. The molecule has 0 unspecified atom stereocenters. The Balaban J connectivity index is 1.94. The largest absolute Gasteiger partial charge is 0.478 e. The molecule has 1 aliphatic heterocycles. The van der Waals surface area contributed by atoms with Gasteiger partial charge in [-0.1, -0.05) is 18.2 Å². The summed E-state index contributed by atoms with van der Waals surface area (Å²) in [6, 6.07) is 10.7. The molecule has 0 atom stereocenters. The number of amides is 1. The Morgan fingerprint density at radius 2 is 1.92 bits per heavy atom. The first-order valence-electron chi connectivity index (χ1n) is 7.71. The zero-order valence-corrected chi connectivity index (χ0v) is 14.9. The number of carboxylic acid groups (broad SMARTS) is 1. The Labute approximate surface area is 153 Å². The summed E-state index contributed by atoms with van der Waals surface area (Å²) in [5, 5.41) is 9.67. The molecule has 1 heterocycles. The number of nitrogens with zero attached hydrogens (tertiary/aromatic N) is 2. The van der Waals surface area contributed by atoms with Crippen molar-refractivity contribution in [2.45, 2.75) is 6.92 Å². The molecule has 132 valence electrons. The molecular weight excluding hydrogens is 355 g/mol. The van der Waals surface area contributed by atoms with Crippen LogP contribution in [0.3, 0.4) is 0 Å². The Morgan fingerprint density at radius 3 is 2.58 bits per heavy atom. The SMILES string of the molecule is Cc1c(N=C2S/C(=C\c3ccc(F)cc3)C(=O)N2C)cccc1C(=O)O. The van der Waals surface area contributed by atoms with Crippen molar-refractivity contribution in [1.82, 2.24) is 4.90 Å². The van der Waals surface area contributed by atoms with Gasteiger partial charge in [0, 0.05) is 7.05 Å². The number of aliphatic imine (C=N–C) groups is 1. The molecular formula is C19H15FN2O3S. The summed E-state index contributed by atoms with van der Waals surface area (Å²) in [5.41, 5.74) is 1.91. The normalized spacial score (nSPS) is 17.3. The van der Waals surface area contributed by atoms with Gasteiger partial charge in [-0.05, 0) is 60.2 Å². The molecule has 0 bridgehead atoms. The lowest BCUT2D eigenvalue weighted by atomic mass is 10.1. The fourth-order valence-electron chi connectivity index (χ4n) is 2.44. The number of rotatable bonds is 3. The van der Waals surface area contributed by atoms with E-state index in [2.05, 4.69) is 4.99 Å². The molecule has 26 heavy (non-hydrogen) atoms. The Kier molecular flexibility index (Phi) is 4.90. The molecule has 1 amide bonds. The molecule has 0 spiro atoms. The van der Waals surface area contributed by atoms with Crippen molar-refractivity contribution in [3.05, 3.63) is 69.9 Å². The molecule has 7 heteroatoms. The molecule has 2 aromatic carbocycles. The predicted octanol–water partition coefficient (Wildman–Crippen LogP) is 4.07. The van der Waals surface area contributed by atoms with Gasteiger partial charge in [0.15, 0.2) is 5.17 Å². The van der Waals surface area contributed by atoms with Crippen LogP contribution >= 0.6 is 11.8 Å². The fraction of sp³-hybridized carbons (Fsp3) is 0.105. The lowest BCUT2D eigenvalue weighted by Crippen LogP contribution is -2.23. The highest BCUT2D eigenvalue weighted by Crippen LogP contribution is 2.34. The lowest BCUT2D eigenvalue weighted by Gasteiger charge is -2.09. The van der Waals surface area contributed by atoms with Crippen LogP contribution < -0.4 is 0 Å². The van der Waals surface area contributed by atoms with Crippen LogP contribution in [0.1, 0.15) is 21.5 Å². The second-order valence-corrected chi connectivity index (χ2v) is 6.68. The van der Waals surface area contributed by atoms with E-state index >= 15 is 0 Å². The van der Waals surface area contributed by atoms with Gasteiger partial charge in [-0.25, -0.2) is 14.2 Å². The van der Waals surface area contributed by atoms with E-state index in [1.165, 1.54) is 34.9 Å². The number of hydrogen-bond acceptors (Lipinski definition) is 4. The number of halogens is 1. The van der Waals surface area contributed by atoms with Crippen molar-refractivity contribution in [2.24, 2.45) is 4.99 Å². The van der Waals surface area contributed by atoms with Crippen molar-refractivity contribution in [1.29, 1.82) is 0 Å². The van der Waals surface area contributed by atoms with Gasteiger partial charge in [0.1, 0.15) is 5.82 Å². The summed E-state index contributed by atoms with van der Waals surface area (Å²) < 4.78 is 13.0. The second-order valence-electron chi connectivity index (χ2n) is 5.68. The zero-order valence-electron chi connectivity index (χ0n) is 14.1. The number of likely N-dealkylation sites (N-methyl/N-ethyl adjacent to an activating group) is 1. The Morgan fingerprint density at radius 1 is 1.23 bits per heavy atom. The molecule has 1 aliphatic rings. The zero-order chi connectivity index (χ0) is 18.8. The van der Waals surface area contributed by atoms with E-state index in [4.69, 9.17) is 0 Å². The van der Waals surface area contributed by atoms with Crippen LogP contribution in [0, 0.1) is 12.7 Å². The minimum atomic E-state index is -1.02. The van der Waals surface area contributed by atoms with Crippen LogP contribution in [-0.4, -0.2) is 34.1 Å². The molecule has 1 saturated heterocycles. The summed E-state index contributed by atoms with van der Waals surface area (Å²) in [5.74, 6) is -1.58. The number of carbonyl (C=O) groups is 2. The van der Waals surface area contributed by atoms with Gasteiger partial charge in [0.2, 0.25) is 0 Å². The van der Waals surface area contributed by atoms with Crippen LogP contribution in [0.2, 0.25) is 0 Å². The maximum absolute atomic E-state index is 13.0. The van der Waals surface area contributed by atoms with E-state index in [1.807, 2.05) is 0 Å². The summed E-state index contributed by atoms with van der Waals surface area (Å²) in [4.78, 5) is 30.0. The summed E-state index contributed by atoms with van der Waals surface area (Å²) in [6.45, 7) is 1.68. The van der Waals surface area contributed by atoms with Crippen LogP contribution in [-0.2, 0) is 4.79 Å². The maximum Gasteiger partial charge on any atom is 0.336 e. The van der Waals surface area contributed by atoms with Crippen molar-refractivity contribution < 1.29 is 19.1 Å². The van der Waals surface area contributed by atoms with Gasteiger partial charge < -0.3 is 5.11 Å². The van der Waals surface area contributed by atoms with Gasteiger partial charge >= 0.3 is 5.97 Å². The Hall–Kier alpha value is -2.93. The molecule has 5 nitrogen and oxygen atoms in total. The number of thioether (sulfide) groups is 1. The van der Waals surface area contributed by atoms with Crippen LogP contribution in [0.15, 0.2) is 52.4 Å². The van der Waals surface area contributed by atoms with Gasteiger partial charge in [0.05, 0.1) is 16.2 Å². The van der Waals surface area contributed by atoms with Crippen molar-refractivity contribution in [2.75, 3.05) is 7.05 Å². The van der Waals surface area contributed by atoms with Gasteiger partial charge in [-0.2, -0.15) is 0 Å². The highest BCUT2D eigenvalue weighted by atomic mass is 32.2. The van der Waals surface area contributed by atoms with Gasteiger partial charge in [-0.3, -0.25) is 9.69 Å². The van der Waals surface area contributed by atoms with Crippen LogP contribution in [0.5, 0.6) is 0 Å². The highest BCUT2D eigenvalue weighted by molar-refractivity contribution is 8.18. The maximum atomic E-state index is 13.0. The third kappa shape index (κ3) is 3.52. The average molecular weight is 370 g/mol. The lowest BCUT2D eigenvalue weighted by molar-refractivity contribution is -0.121. The highest BCUT2D eigenvalue weighted by Gasteiger charge is 2.30. The second kappa shape index (κ2) is 7.13. The summed E-state index contributed by atoms with van der Waals surface area (Å²) in [7, 11) is 1.61. The quantitative estimate of drug-likeness (QED) is 0.827. The molecule has 2 aromatic rings. The van der Waals surface area contributed by atoms with E-state index < -0.39 is 5.97 Å². The van der Waals surface area contributed by atoms with Gasteiger partial charge in [-0.15, -0.1) is 0 Å². The number of hydrogen-bond donors (Lipinski definition) is 1. The first kappa shape index (κ1) is 17.9. The third-order valence-corrected chi connectivity index (χ3v) is 4.98. The Bertz CT molecular complexity index is 952. The van der Waals surface area contributed by atoms with E-state index in [-0.39, 0.29) is 17.3 Å². The molecule has 3 rings (SSSR count). The van der Waals surface area contributed by atoms with Crippen molar-refractivity contribution in [3.63, 3.8) is 0 Å². The van der Waals surface area contributed by atoms with E-state index in [0.717, 1.165) is 0 Å². The van der Waals surface area contributed by atoms with Crippen molar-refractivity contribution in [3.8, 4) is 0 Å². The third-order valence-electron chi connectivity index (χ3n) is 3.92. The first-order chi connectivity index (χ1) is 12.4. The van der Waals surface area contributed by atoms with Crippen LogP contribution in [0.4, 0.5) is 10.1 Å². The first-order valence-corrected chi connectivity index (χ1v) is 8.53. The molecule has 0 saturated carbocycles. The molecule has 1 N–H and O–H groups in total. The molecule has 1 fully saturated rings. The van der Waals surface area contributed by atoms with E-state index in [1.54, 1.807) is 44.3 Å². The van der Waals surface area contributed by atoms with E-state index in [0.29, 0.717) is 26.9 Å². The van der Waals surface area contributed by atoms with Crippen LogP contribution in [0.25, 0.3) is 6.08 Å². The molecule has 0 aliphatic carbocycles. The summed E-state index contributed by atoms with van der Waals surface area (Å²) in [6.07, 6.45) is 1.67. The average Bonchev–Trinajstić information content (AvgIpc) is 2.86. The number of carboxylic acids is 1. The van der Waals surface area contributed by atoms with E-state index in [9.17, 15) is 19.1 Å². The smallest absolute Gasteiger partial charge is 0.336 e.